The first-order valence-corrected chi connectivity index (χ1v) is 9.16. The highest BCUT2D eigenvalue weighted by molar-refractivity contribution is 5.90. The molecule has 3 N–H and O–H groups in total. The van der Waals surface area contributed by atoms with E-state index >= 15 is 0 Å². The van der Waals surface area contributed by atoms with Crippen LogP contribution in [0.25, 0.3) is 0 Å². The second-order valence-electron chi connectivity index (χ2n) is 6.87. The molecule has 0 aliphatic heterocycles. The highest BCUT2D eigenvalue weighted by atomic mass is 16.3. The third-order valence-corrected chi connectivity index (χ3v) is 4.99. The summed E-state index contributed by atoms with van der Waals surface area (Å²) < 4.78 is 0. The number of aliphatic hydroxyl groups is 1. The predicted molar refractivity (Wildman–Crippen MR) is 107 cm³/mol. The molecule has 4 rings (SSSR count). The molecule has 0 fully saturated rings. The summed E-state index contributed by atoms with van der Waals surface area (Å²) in [5.41, 5.74) is 5.08. The van der Waals surface area contributed by atoms with Gasteiger partial charge in [0.1, 0.15) is 0 Å². The lowest BCUT2D eigenvalue weighted by atomic mass is 10.0. The Bertz CT molecular complexity index is 940. The Hall–Kier alpha value is -3.11. The molecule has 1 aliphatic rings. The Kier molecular flexibility index (Phi) is 4.90. The van der Waals surface area contributed by atoms with Crippen molar-refractivity contribution in [2.75, 3.05) is 5.32 Å². The smallest absolute Gasteiger partial charge is 0.319 e. The average Bonchev–Trinajstić information content (AvgIpc) is 2.99. The van der Waals surface area contributed by atoms with E-state index in [4.69, 9.17) is 0 Å². The van der Waals surface area contributed by atoms with Gasteiger partial charge in [0.25, 0.3) is 0 Å². The van der Waals surface area contributed by atoms with Crippen molar-refractivity contribution in [1.82, 2.24) is 5.32 Å². The number of aliphatic hydroxyl groups excluding tert-OH is 1. The molecule has 2 atom stereocenters. The number of amides is 2. The summed E-state index contributed by atoms with van der Waals surface area (Å²) in [4.78, 5) is 12.6. The molecule has 27 heavy (non-hydrogen) atoms. The zero-order valence-electron chi connectivity index (χ0n) is 14.9. The monoisotopic (exact) mass is 358 g/mol. The Morgan fingerprint density at radius 2 is 1.63 bits per heavy atom. The largest absolute Gasteiger partial charge is 0.390 e. The molecule has 1 aliphatic carbocycles. The van der Waals surface area contributed by atoms with E-state index in [1.807, 2.05) is 66.7 Å². The molecule has 136 valence electrons. The van der Waals surface area contributed by atoms with Crippen LogP contribution in [0.1, 0.15) is 28.3 Å². The van der Waals surface area contributed by atoms with Crippen LogP contribution in [0.4, 0.5) is 10.5 Å². The van der Waals surface area contributed by atoms with Gasteiger partial charge in [-0.1, -0.05) is 72.8 Å². The van der Waals surface area contributed by atoms with E-state index in [-0.39, 0.29) is 12.1 Å². The Labute approximate surface area is 158 Å². The van der Waals surface area contributed by atoms with Crippen molar-refractivity contribution < 1.29 is 9.90 Å². The summed E-state index contributed by atoms with van der Waals surface area (Å²) >= 11 is 0. The minimum Gasteiger partial charge on any atom is -0.390 e. The Morgan fingerprint density at radius 1 is 0.926 bits per heavy atom. The van der Waals surface area contributed by atoms with Crippen LogP contribution in [0.15, 0.2) is 78.9 Å². The Balaban J connectivity index is 1.48. The van der Waals surface area contributed by atoms with Crippen LogP contribution in [0.2, 0.25) is 0 Å². The number of hydrogen-bond donors (Lipinski definition) is 3. The van der Waals surface area contributed by atoms with Crippen LogP contribution in [-0.2, 0) is 12.8 Å². The van der Waals surface area contributed by atoms with Gasteiger partial charge in [-0.2, -0.15) is 0 Å². The van der Waals surface area contributed by atoms with Crippen molar-refractivity contribution in [1.29, 1.82) is 0 Å². The number of hydrogen-bond acceptors (Lipinski definition) is 2. The third kappa shape index (κ3) is 3.86. The topological polar surface area (TPSA) is 61.4 Å². The second-order valence-corrected chi connectivity index (χ2v) is 6.87. The van der Waals surface area contributed by atoms with Gasteiger partial charge < -0.3 is 15.7 Å². The first-order valence-electron chi connectivity index (χ1n) is 9.16. The van der Waals surface area contributed by atoms with Gasteiger partial charge in [-0.25, -0.2) is 4.79 Å². The van der Waals surface area contributed by atoms with Gasteiger partial charge in [0.15, 0.2) is 0 Å². The van der Waals surface area contributed by atoms with Crippen molar-refractivity contribution in [2.24, 2.45) is 0 Å². The minimum atomic E-state index is -0.604. The molecule has 0 bridgehead atoms. The van der Waals surface area contributed by atoms with E-state index in [0.717, 1.165) is 28.8 Å². The molecule has 3 aromatic rings. The van der Waals surface area contributed by atoms with Crippen molar-refractivity contribution >= 4 is 11.7 Å². The molecular formula is C23H22N2O2. The highest BCUT2D eigenvalue weighted by Crippen LogP contribution is 2.31. The highest BCUT2D eigenvalue weighted by Gasteiger charge is 2.31. The summed E-state index contributed by atoms with van der Waals surface area (Å²) in [6.45, 7) is 0. The summed E-state index contributed by atoms with van der Waals surface area (Å²) in [5.74, 6) is 0. The molecular weight excluding hydrogens is 336 g/mol. The molecule has 4 nitrogen and oxygen atoms in total. The van der Waals surface area contributed by atoms with E-state index in [1.165, 1.54) is 5.56 Å². The maximum atomic E-state index is 12.6. The Morgan fingerprint density at radius 3 is 2.48 bits per heavy atom. The molecule has 4 heteroatoms. The first kappa shape index (κ1) is 17.3. The molecule has 0 saturated carbocycles. The van der Waals surface area contributed by atoms with E-state index in [1.54, 1.807) is 0 Å². The lowest BCUT2D eigenvalue weighted by Crippen LogP contribution is -2.37. The number of para-hydroxylation sites is 1. The molecule has 0 saturated heterocycles. The molecule has 0 radical (unpaired) electrons. The van der Waals surface area contributed by atoms with Crippen LogP contribution < -0.4 is 10.6 Å². The number of rotatable bonds is 4. The van der Waals surface area contributed by atoms with E-state index in [2.05, 4.69) is 22.8 Å². The molecule has 0 spiro atoms. The first-order chi connectivity index (χ1) is 13.2. The minimum absolute atomic E-state index is 0.309. The summed E-state index contributed by atoms with van der Waals surface area (Å²) in [5, 5.41) is 16.2. The second kappa shape index (κ2) is 7.64. The van der Waals surface area contributed by atoms with Crippen LogP contribution in [0.5, 0.6) is 0 Å². The van der Waals surface area contributed by atoms with Gasteiger partial charge in [-0.05, 0) is 34.7 Å². The van der Waals surface area contributed by atoms with Crippen LogP contribution in [-0.4, -0.2) is 17.2 Å². The SMILES string of the molecule is O=C(Nc1ccccc1Cc1ccccc1)N[C@@H]1c2ccccc2C[C@@H]1O. The van der Waals surface area contributed by atoms with E-state index < -0.39 is 6.10 Å². The quantitative estimate of drug-likeness (QED) is 0.659. The van der Waals surface area contributed by atoms with Crippen LogP contribution in [0.3, 0.4) is 0 Å². The summed E-state index contributed by atoms with van der Waals surface area (Å²) in [6.07, 6.45) is 0.699. The fourth-order valence-electron chi connectivity index (χ4n) is 3.66. The number of nitrogens with one attached hydrogen (secondary N) is 2. The third-order valence-electron chi connectivity index (χ3n) is 4.99. The molecule has 2 amide bonds. The number of anilines is 1. The van der Waals surface area contributed by atoms with Gasteiger partial charge in [0.2, 0.25) is 0 Å². The number of carbonyl (C=O) groups is 1. The molecule has 0 heterocycles. The number of carbonyl (C=O) groups excluding carboxylic acids is 1. The maximum Gasteiger partial charge on any atom is 0.319 e. The summed E-state index contributed by atoms with van der Waals surface area (Å²) in [7, 11) is 0. The molecule has 0 aromatic heterocycles. The van der Waals surface area contributed by atoms with Gasteiger partial charge in [-0.3, -0.25) is 0 Å². The van der Waals surface area contributed by atoms with Crippen molar-refractivity contribution in [3.63, 3.8) is 0 Å². The van der Waals surface area contributed by atoms with Gasteiger partial charge in [0.05, 0.1) is 12.1 Å². The lowest BCUT2D eigenvalue weighted by Gasteiger charge is -2.19. The fraction of sp³-hybridized carbons (Fsp3) is 0.174. The van der Waals surface area contributed by atoms with Crippen molar-refractivity contribution in [3.05, 3.63) is 101 Å². The van der Waals surface area contributed by atoms with Gasteiger partial charge >= 0.3 is 6.03 Å². The van der Waals surface area contributed by atoms with Gasteiger partial charge in [0, 0.05) is 12.1 Å². The van der Waals surface area contributed by atoms with Crippen molar-refractivity contribution in [2.45, 2.75) is 25.0 Å². The predicted octanol–water partition coefficient (Wildman–Crippen LogP) is 4.06. The van der Waals surface area contributed by atoms with Crippen LogP contribution >= 0.6 is 0 Å². The molecule has 0 unspecified atom stereocenters. The fourth-order valence-corrected chi connectivity index (χ4v) is 3.66. The number of urea groups is 1. The summed E-state index contributed by atoms with van der Waals surface area (Å²) in [6, 6.07) is 25.1. The van der Waals surface area contributed by atoms with E-state index in [0.29, 0.717) is 6.42 Å². The van der Waals surface area contributed by atoms with Crippen LogP contribution in [0, 0.1) is 0 Å². The molecule has 3 aromatic carbocycles. The number of fused-ring (bicyclic) bond motifs is 1. The average molecular weight is 358 g/mol. The van der Waals surface area contributed by atoms with Crippen molar-refractivity contribution in [3.8, 4) is 0 Å². The lowest BCUT2D eigenvalue weighted by molar-refractivity contribution is 0.144. The van der Waals surface area contributed by atoms with Gasteiger partial charge in [-0.15, -0.1) is 0 Å². The zero-order chi connectivity index (χ0) is 18.6. The number of benzene rings is 3. The maximum absolute atomic E-state index is 12.6. The van der Waals surface area contributed by atoms with E-state index in [9.17, 15) is 9.90 Å². The zero-order valence-corrected chi connectivity index (χ0v) is 14.9. The normalized spacial score (nSPS) is 18.0. The standard InChI is InChI=1S/C23H22N2O2/c26-21-15-17-10-4-6-12-19(17)22(21)25-23(27)24-20-13-7-5-11-18(20)14-16-8-2-1-3-9-16/h1-13,21-22,26H,14-15H2,(H2,24,25,27)/t21-,22+/m0/s1.